The third-order valence-corrected chi connectivity index (χ3v) is 8.89. The first kappa shape index (κ1) is 25.6. The van der Waals surface area contributed by atoms with Gasteiger partial charge in [0.2, 0.25) is 0 Å². The summed E-state index contributed by atoms with van der Waals surface area (Å²) < 4.78 is 32.0. The average molecular weight is 498 g/mol. The molecule has 5 rings (SSSR count). The van der Waals surface area contributed by atoms with Crippen molar-refractivity contribution < 1.29 is 13.5 Å². The fraction of sp³-hybridized carbons (Fsp3) is 0.600. The number of rotatable bonds is 7. The summed E-state index contributed by atoms with van der Waals surface area (Å²) in [7, 11) is 1.47. The van der Waals surface area contributed by atoms with E-state index in [1.807, 2.05) is 6.07 Å². The first-order valence-electron chi connectivity index (χ1n) is 13.6. The van der Waals surface area contributed by atoms with Crippen LogP contribution in [0, 0.1) is 5.41 Å². The molecule has 0 amide bonds. The van der Waals surface area contributed by atoms with Crippen molar-refractivity contribution in [3.05, 3.63) is 64.7 Å². The first-order chi connectivity index (χ1) is 17.4. The molecule has 196 valence electrons. The highest BCUT2D eigenvalue weighted by Crippen LogP contribution is 2.52. The Hall–Kier alpha value is -2.02. The number of nitrogens with zero attached hydrogens (tertiary/aromatic N) is 2. The lowest BCUT2D eigenvalue weighted by molar-refractivity contribution is -0.0650. The zero-order chi connectivity index (χ0) is 25.3. The molecule has 2 aromatic carbocycles. The van der Waals surface area contributed by atoms with E-state index in [1.54, 1.807) is 6.07 Å². The van der Waals surface area contributed by atoms with E-state index in [9.17, 15) is 8.78 Å². The van der Waals surface area contributed by atoms with Gasteiger partial charge in [-0.25, -0.2) is 8.78 Å². The molecule has 2 saturated heterocycles. The van der Waals surface area contributed by atoms with Crippen molar-refractivity contribution in [1.29, 1.82) is 0 Å². The van der Waals surface area contributed by atoms with Crippen LogP contribution in [-0.4, -0.2) is 55.7 Å². The summed E-state index contributed by atoms with van der Waals surface area (Å²) in [6.45, 7) is 10.6. The topological polar surface area (TPSA) is 27.7 Å². The molecule has 1 saturated carbocycles. The summed E-state index contributed by atoms with van der Waals surface area (Å²) in [5.74, 6) is 0.756. The van der Waals surface area contributed by atoms with Gasteiger partial charge in [0.1, 0.15) is 5.75 Å². The predicted molar refractivity (Wildman–Crippen MR) is 141 cm³/mol. The van der Waals surface area contributed by atoms with Crippen LogP contribution < -0.4 is 10.1 Å². The van der Waals surface area contributed by atoms with Crippen molar-refractivity contribution in [2.24, 2.45) is 5.41 Å². The summed E-state index contributed by atoms with van der Waals surface area (Å²) in [5, 5.41) is 3.53. The summed E-state index contributed by atoms with van der Waals surface area (Å²) in [6.07, 6.45) is 2.74. The fourth-order valence-electron chi connectivity index (χ4n) is 6.88. The van der Waals surface area contributed by atoms with Crippen molar-refractivity contribution in [2.45, 2.75) is 70.5 Å². The Morgan fingerprint density at radius 2 is 1.78 bits per heavy atom. The van der Waals surface area contributed by atoms with Gasteiger partial charge in [-0.15, -0.1) is 0 Å². The number of halogens is 2. The SMILES string of the molecule is COc1cc(CN2CCN(C3CC4(CCNCC4)C3)[C@H](c3ccccc3C(C)C)C2)ccc1C(F)F. The number of ether oxygens (including phenoxy) is 1. The lowest BCUT2D eigenvalue weighted by Crippen LogP contribution is -2.59. The van der Waals surface area contributed by atoms with Crippen LogP contribution in [0.5, 0.6) is 5.75 Å². The molecule has 2 aromatic rings. The molecule has 1 aliphatic carbocycles. The summed E-state index contributed by atoms with van der Waals surface area (Å²) in [4.78, 5) is 5.29. The number of methoxy groups -OCH3 is 1. The molecule has 0 radical (unpaired) electrons. The number of alkyl halides is 2. The molecule has 4 nitrogen and oxygen atoms in total. The molecule has 3 aliphatic rings. The normalized spacial score (nSPS) is 23.4. The van der Waals surface area contributed by atoms with Crippen LogP contribution in [0.25, 0.3) is 0 Å². The Bertz CT molecular complexity index is 1030. The summed E-state index contributed by atoms with van der Waals surface area (Å²) in [6, 6.07) is 15.1. The molecule has 0 bridgehead atoms. The maximum atomic E-state index is 13.3. The van der Waals surface area contributed by atoms with Crippen LogP contribution in [-0.2, 0) is 6.54 Å². The predicted octanol–water partition coefficient (Wildman–Crippen LogP) is 6.15. The maximum Gasteiger partial charge on any atom is 0.267 e. The average Bonchev–Trinajstić information content (AvgIpc) is 2.87. The van der Waals surface area contributed by atoms with Gasteiger partial charge in [0.25, 0.3) is 6.43 Å². The molecule has 1 spiro atoms. The molecule has 6 heteroatoms. The van der Waals surface area contributed by atoms with Gasteiger partial charge in [-0.2, -0.15) is 0 Å². The highest BCUT2D eigenvalue weighted by Gasteiger charge is 2.49. The van der Waals surface area contributed by atoms with Gasteiger partial charge in [0.05, 0.1) is 12.7 Å². The summed E-state index contributed by atoms with van der Waals surface area (Å²) >= 11 is 0. The highest BCUT2D eigenvalue weighted by atomic mass is 19.3. The number of nitrogens with one attached hydrogen (secondary N) is 1. The minimum atomic E-state index is -2.53. The monoisotopic (exact) mass is 497 g/mol. The minimum absolute atomic E-state index is 0.0355. The van der Waals surface area contributed by atoms with Gasteiger partial charge < -0.3 is 10.1 Å². The fourth-order valence-corrected chi connectivity index (χ4v) is 6.88. The van der Waals surface area contributed by atoms with E-state index < -0.39 is 6.43 Å². The minimum Gasteiger partial charge on any atom is -0.496 e. The van der Waals surface area contributed by atoms with Crippen molar-refractivity contribution in [3.63, 3.8) is 0 Å². The molecule has 1 N–H and O–H groups in total. The molecule has 2 aliphatic heterocycles. The molecule has 36 heavy (non-hydrogen) atoms. The van der Waals surface area contributed by atoms with E-state index in [1.165, 1.54) is 50.0 Å². The quantitative estimate of drug-likeness (QED) is 0.497. The van der Waals surface area contributed by atoms with Crippen molar-refractivity contribution >= 4 is 0 Å². The standard InChI is InChI=1S/C30H41F2N3O/c1-21(2)24-6-4-5-7-25(24)27-20-34(19-22-8-9-26(29(31)32)28(16-22)36-3)14-15-35(27)23-17-30(18-23)10-12-33-13-11-30/h4-9,16,21,23,27,29,33H,10-15,17-20H2,1-3H3/t27-/m0/s1. The van der Waals surface area contributed by atoms with Gasteiger partial charge in [-0.1, -0.05) is 44.2 Å². The van der Waals surface area contributed by atoms with E-state index in [-0.39, 0.29) is 11.3 Å². The molecular formula is C30H41F2N3O. The lowest BCUT2D eigenvalue weighted by Gasteiger charge is -2.57. The second-order valence-electron chi connectivity index (χ2n) is 11.5. The molecule has 0 unspecified atom stereocenters. The third-order valence-electron chi connectivity index (χ3n) is 8.89. The highest BCUT2D eigenvalue weighted by molar-refractivity contribution is 5.38. The van der Waals surface area contributed by atoms with Gasteiger partial charge in [-0.05, 0) is 78.9 Å². The largest absolute Gasteiger partial charge is 0.496 e. The van der Waals surface area contributed by atoms with E-state index >= 15 is 0 Å². The van der Waals surface area contributed by atoms with Gasteiger partial charge in [0.15, 0.2) is 0 Å². The van der Waals surface area contributed by atoms with E-state index in [2.05, 4.69) is 53.2 Å². The molecule has 1 atom stereocenters. The van der Waals surface area contributed by atoms with E-state index in [4.69, 9.17) is 4.74 Å². The maximum absolute atomic E-state index is 13.3. The Morgan fingerprint density at radius 3 is 2.47 bits per heavy atom. The van der Waals surface area contributed by atoms with Crippen molar-refractivity contribution in [3.8, 4) is 5.75 Å². The second kappa shape index (κ2) is 10.8. The number of benzene rings is 2. The van der Waals surface area contributed by atoms with Crippen LogP contribution in [0.4, 0.5) is 8.78 Å². The van der Waals surface area contributed by atoms with Gasteiger partial charge in [-0.3, -0.25) is 9.80 Å². The van der Waals surface area contributed by atoms with Gasteiger partial charge >= 0.3 is 0 Å². The second-order valence-corrected chi connectivity index (χ2v) is 11.5. The Kier molecular flexibility index (Phi) is 7.66. The van der Waals surface area contributed by atoms with Crippen molar-refractivity contribution in [2.75, 3.05) is 39.8 Å². The van der Waals surface area contributed by atoms with Gasteiger partial charge in [0, 0.05) is 38.3 Å². The molecule has 2 heterocycles. The third kappa shape index (κ3) is 5.18. The Balaban J connectivity index is 1.36. The lowest BCUT2D eigenvalue weighted by atomic mass is 9.60. The van der Waals surface area contributed by atoms with E-state index in [0.29, 0.717) is 23.4 Å². The summed E-state index contributed by atoms with van der Waals surface area (Å²) in [5.41, 5.74) is 4.44. The molecular weight excluding hydrogens is 456 g/mol. The van der Waals surface area contributed by atoms with E-state index in [0.717, 1.165) is 44.8 Å². The van der Waals surface area contributed by atoms with Crippen LogP contribution in [0.3, 0.4) is 0 Å². The van der Waals surface area contributed by atoms with Crippen molar-refractivity contribution in [1.82, 2.24) is 15.1 Å². The van der Waals surface area contributed by atoms with Crippen LogP contribution in [0.15, 0.2) is 42.5 Å². The van der Waals surface area contributed by atoms with Crippen LogP contribution in [0.2, 0.25) is 0 Å². The Morgan fingerprint density at radius 1 is 1.03 bits per heavy atom. The first-order valence-corrected chi connectivity index (χ1v) is 13.6. The number of hydrogen-bond donors (Lipinski definition) is 1. The number of piperidine rings is 1. The zero-order valence-corrected chi connectivity index (χ0v) is 22.0. The smallest absolute Gasteiger partial charge is 0.267 e. The molecule has 0 aromatic heterocycles. The Labute approximate surface area is 215 Å². The number of hydrogen-bond acceptors (Lipinski definition) is 4. The number of piperazine rings is 1. The molecule has 3 fully saturated rings. The van der Waals surface area contributed by atoms with Crippen LogP contribution >= 0.6 is 0 Å². The van der Waals surface area contributed by atoms with Crippen LogP contribution in [0.1, 0.15) is 80.2 Å². The zero-order valence-electron chi connectivity index (χ0n) is 22.0.